The normalized spacial score (nSPS) is 38.8. The molecule has 5 aliphatic rings. The lowest BCUT2D eigenvalue weighted by molar-refractivity contribution is -0.129. The zero-order valence-corrected chi connectivity index (χ0v) is 21.7. The van der Waals surface area contributed by atoms with Crippen molar-refractivity contribution in [2.45, 2.75) is 102 Å². The second-order valence-corrected chi connectivity index (χ2v) is 11.6. The van der Waals surface area contributed by atoms with Crippen molar-refractivity contribution in [2.24, 2.45) is 23.2 Å². The minimum absolute atomic E-state index is 0. The van der Waals surface area contributed by atoms with Crippen molar-refractivity contribution in [3.8, 4) is 0 Å². The number of halogens is 1. The Bertz CT molecular complexity index is 615. The van der Waals surface area contributed by atoms with Crippen LogP contribution in [-0.2, 0) is 9.53 Å². The van der Waals surface area contributed by atoms with E-state index in [1.807, 2.05) is 0 Å². The van der Waals surface area contributed by atoms with E-state index in [2.05, 4.69) is 12.2 Å². The Balaban J connectivity index is 0.00000324. The number of nitrogens with one attached hydrogen (secondary N) is 1. The van der Waals surface area contributed by atoms with Gasteiger partial charge in [0.05, 0.1) is 25.4 Å². The Kier molecular flexibility index (Phi) is 10.5. The molecule has 4 N–H and O–H groups in total. The highest BCUT2D eigenvalue weighted by atomic mass is 35.5. The molecule has 1 aliphatic heterocycles. The van der Waals surface area contributed by atoms with E-state index in [-0.39, 0.29) is 24.9 Å². The number of aliphatic hydroxyl groups is 3. The van der Waals surface area contributed by atoms with Crippen LogP contribution in [0.3, 0.4) is 0 Å². The summed E-state index contributed by atoms with van der Waals surface area (Å²) in [5.41, 5.74) is 0.478. The van der Waals surface area contributed by atoms with Gasteiger partial charge in [-0.15, -0.1) is 12.4 Å². The van der Waals surface area contributed by atoms with Crippen molar-refractivity contribution in [2.75, 3.05) is 32.9 Å². The van der Waals surface area contributed by atoms with Crippen molar-refractivity contribution < 1.29 is 24.9 Å². The Morgan fingerprint density at radius 1 is 1.00 bits per heavy atom. The Labute approximate surface area is 211 Å². The zero-order valence-electron chi connectivity index (χ0n) is 20.9. The summed E-state index contributed by atoms with van der Waals surface area (Å²) in [5.74, 6) is 2.64. The summed E-state index contributed by atoms with van der Waals surface area (Å²) in [5, 5.41) is 33.2. The van der Waals surface area contributed by atoms with Gasteiger partial charge in [-0.05, 0) is 93.9 Å². The predicted octanol–water partition coefficient (Wildman–Crippen LogP) is 2.49. The molecule has 34 heavy (non-hydrogen) atoms. The minimum atomic E-state index is -1.17. The van der Waals surface area contributed by atoms with Crippen LogP contribution >= 0.6 is 12.4 Å². The molecule has 0 aromatic rings. The molecular formula is C26H47ClN2O5. The maximum Gasteiger partial charge on any atom is 0.240 e. The average Bonchev–Trinajstić information content (AvgIpc) is 3.02. The van der Waals surface area contributed by atoms with Gasteiger partial charge in [-0.2, -0.15) is 0 Å². The number of carbonyl (C=O) groups excluding carboxylic acids is 1. The van der Waals surface area contributed by atoms with Crippen LogP contribution in [0.4, 0.5) is 0 Å². The lowest BCUT2D eigenvalue weighted by Crippen LogP contribution is -2.50. The Morgan fingerprint density at radius 3 is 2.24 bits per heavy atom. The lowest BCUT2D eigenvalue weighted by atomic mass is 9.50. The fraction of sp³-hybridized carbons (Fsp3) is 0.962. The molecule has 4 saturated carbocycles. The fourth-order valence-electron chi connectivity index (χ4n) is 7.75. The van der Waals surface area contributed by atoms with Crippen LogP contribution in [0.2, 0.25) is 0 Å². The summed E-state index contributed by atoms with van der Waals surface area (Å²) < 4.78 is 6.15. The molecule has 0 aromatic heterocycles. The third-order valence-corrected chi connectivity index (χ3v) is 8.91. The number of amides is 1. The molecule has 0 spiro atoms. The molecule has 8 heteroatoms. The second kappa shape index (κ2) is 12.7. The summed E-state index contributed by atoms with van der Waals surface area (Å²) in [6, 6.07) is -1.39. The second-order valence-electron chi connectivity index (χ2n) is 11.6. The summed E-state index contributed by atoms with van der Waals surface area (Å²) in [4.78, 5) is 14.5. The van der Waals surface area contributed by atoms with E-state index in [0.717, 1.165) is 63.1 Å². The quantitative estimate of drug-likeness (QED) is 0.289. The molecule has 4 aliphatic carbocycles. The molecule has 1 heterocycles. The van der Waals surface area contributed by atoms with E-state index < -0.39 is 24.3 Å². The highest BCUT2D eigenvalue weighted by molar-refractivity contribution is 5.85. The van der Waals surface area contributed by atoms with E-state index in [4.69, 9.17) is 4.74 Å². The highest BCUT2D eigenvalue weighted by Crippen LogP contribution is 2.60. The van der Waals surface area contributed by atoms with Crippen LogP contribution in [0.1, 0.15) is 77.6 Å². The standard InChI is InChI=1S/C26H46N2O5.ClH/c1-2-3-8-28-21(16-29)23(30)24(31)22(28)25(32)27-7-5-4-6-9-33-17-26-13-18-10-19(14-26)12-20(11-18)15-26;/h18-24,29-31H,2-17H2,1H3,(H,27,32);1H/t18?,19?,20?,21-,22-,23+,24-,26?;/m1./s1. The summed E-state index contributed by atoms with van der Waals surface area (Å²) in [6.45, 7) is 4.66. The van der Waals surface area contributed by atoms with Gasteiger partial charge in [0, 0.05) is 13.2 Å². The molecule has 5 fully saturated rings. The molecule has 0 radical (unpaired) electrons. The molecule has 0 aromatic carbocycles. The van der Waals surface area contributed by atoms with Crippen molar-refractivity contribution in [3.05, 3.63) is 0 Å². The van der Waals surface area contributed by atoms with Crippen molar-refractivity contribution in [3.63, 3.8) is 0 Å². The number of ether oxygens (including phenoxy) is 1. The van der Waals surface area contributed by atoms with Gasteiger partial charge < -0.3 is 25.4 Å². The van der Waals surface area contributed by atoms with Crippen LogP contribution in [-0.4, -0.2) is 83.3 Å². The predicted molar refractivity (Wildman–Crippen MR) is 134 cm³/mol. The van der Waals surface area contributed by atoms with Gasteiger partial charge in [0.1, 0.15) is 12.1 Å². The molecular weight excluding hydrogens is 456 g/mol. The van der Waals surface area contributed by atoms with Crippen LogP contribution in [0, 0.1) is 23.2 Å². The third-order valence-electron chi connectivity index (χ3n) is 8.91. The van der Waals surface area contributed by atoms with E-state index >= 15 is 0 Å². The smallest absolute Gasteiger partial charge is 0.240 e. The number of aliphatic hydroxyl groups excluding tert-OH is 3. The Morgan fingerprint density at radius 2 is 1.65 bits per heavy atom. The van der Waals surface area contributed by atoms with Crippen molar-refractivity contribution in [1.29, 1.82) is 0 Å². The third kappa shape index (κ3) is 6.27. The average molecular weight is 503 g/mol. The topological polar surface area (TPSA) is 102 Å². The van der Waals surface area contributed by atoms with E-state index in [9.17, 15) is 20.1 Å². The first kappa shape index (κ1) is 28.1. The molecule has 0 unspecified atom stereocenters. The number of unbranched alkanes of at least 4 members (excludes halogenated alkanes) is 3. The van der Waals surface area contributed by atoms with Crippen LogP contribution in [0.5, 0.6) is 0 Å². The van der Waals surface area contributed by atoms with E-state index in [1.165, 1.54) is 38.5 Å². The van der Waals surface area contributed by atoms with E-state index in [0.29, 0.717) is 18.5 Å². The monoisotopic (exact) mass is 502 g/mol. The molecule has 7 nitrogen and oxygen atoms in total. The maximum atomic E-state index is 12.7. The summed E-state index contributed by atoms with van der Waals surface area (Å²) in [7, 11) is 0. The lowest BCUT2D eigenvalue weighted by Gasteiger charge is -2.56. The summed E-state index contributed by atoms with van der Waals surface area (Å²) >= 11 is 0. The van der Waals surface area contributed by atoms with Gasteiger partial charge in [0.2, 0.25) is 5.91 Å². The minimum Gasteiger partial charge on any atom is -0.395 e. The molecule has 1 amide bonds. The molecule has 4 bridgehead atoms. The van der Waals surface area contributed by atoms with Gasteiger partial charge in [0.15, 0.2) is 0 Å². The Hall–Kier alpha value is -0.440. The first-order chi connectivity index (χ1) is 16.0. The summed E-state index contributed by atoms with van der Waals surface area (Å²) in [6.07, 6.45) is 11.0. The number of hydrogen-bond donors (Lipinski definition) is 4. The fourth-order valence-corrected chi connectivity index (χ4v) is 7.75. The van der Waals surface area contributed by atoms with Crippen LogP contribution < -0.4 is 5.32 Å². The van der Waals surface area contributed by atoms with Crippen LogP contribution in [0.25, 0.3) is 0 Å². The van der Waals surface area contributed by atoms with E-state index in [1.54, 1.807) is 4.90 Å². The number of rotatable bonds is 13. The maximum absolute atomic E-state index is 12.7. The first-order valence-electron chi connectivity index (χ1n) is 13.5. The number of likely N-dealkylation sites (tertiary alicyclic amines) is 1. The zero-order chi connectivity index (χ0) is 23.4. The molecule has 4 atom stereocenters. The number of hydrogen-bond acceptors (Lipinski definition) is 6. The molecule has 198 valence electrons. The highest BCUT2D eigenvalue weighted by Gasteiger charge is 2.51. The van der Waals surface area contributed by atoms with Crippen LogP contribution in [0.15, 0.2) is 0 Å². The van der Waals surface area contributed by atoms with Crippen molar-refractivity contribution in [1.82, 2.24) is 10.2 Å². The molecule has 1 saturated heterocycles. The molecule has 5 rings (SSSR count). The van der Waals surface area contributed by atoms with Gasteiger partial charge in [-0.3, -0.25) is 9.69 Å². The number of nitrogens with zero attached hydrogens (tertiary/aromatic N) is 1. The SMILES string of the molecule is CCCCN1[C@H](CO)[C@H](O)[C@H](O)[C@@H]1C(=O)NCCCCCOCC12CC3CC(CC(C3)C1)C2.Cl. The largest absolute Gasteiger partial charge is 0.395 e. The van der Waals surface area contributed by atoms with Gasteiger partial charge in [-0.1, -0.05) is 13.3 Å². The first-order valence-corrected chi connectivity index (χ1v) is 13.5. The van der Waals surface area contributed by atoms with Crippen molar-refractivity contribution >= 4 is 18.3 Å². The van der Waals surface area contributed by atoms with Gasteiger partial charge >= 0.3 is 0 Å². The number of carbonyl (C=O) groups is 1. The van der Waals surface area contributed by atoms with Gasteiger partial charge in [-0.25, -0.2) is 0 Å². The van der Waals surface area contributed by atoms with Gasteiger partial charge in [0.25, 0.3) is 0 Å².